The van der Waals surface area contributed by atoms with E-state index >= 15 is 0 Å². The molecule has 0 aliphatic carbocycles. The van der Waals surface area contributed by atoms with Gasteiger partial charge in [-0.2, -0.15) is 0 Å². The average molecular weight is 394 g/mol. The fraction of sp³-hybridized carbons (Fsp3) is 0.200. The second-order valence-electron chi connectivity index (χ2n) is 6.44. The molecular weight excluding hydrogens is 376 g/mol. The van der Waals surface area contributed by atoms with E-state index in [1.807, 2.05) is 42.8 Å². The fourth-order valence-electron chi connectivity index (χ4n) is 2.97. The number of benzene rings is 2. The number of nitrogens with zero attached hydrogens (tertiary/aromatic N) is 3. The highest BCUT2D eigenvalue weighted by Gasteiger charge is 2.19. The lowest BCUT2D eigenvalue weighted by molar-refractivity contribution is -0.118. The summed E-state index contributed by atoms with van der Waals surface area (Å²) in [6.45, 7) is 2.02. The molecule has 0 fully saturated rings. The van der Waals surface area contributed by atoms with E-state index in [4.69, 9.17) is 4.74 Å². The monoisotopic (exact) mass is 394 g/mol. The van der Waals surface area contributed by atoms with Crippen molar-refractivity contribution in [2.24, 2.45) is 7.05 Å². The minimum absolute atomic E-state index is 0.00841. The quantitative estimate of drug-likeness (QED) is 0.529. The Labute approximate surface area is 166 Å². The van der Waals surface area contributed by atoms with E-state index in [-0.39, 0.29) is 24.1 Å². The Morgan fingerprint density at radius 3 is 2.89 bits per heavy atom. The standard InChI is InChI=1S/C20H18N4O3S/c1-12-5-3-4-6-14(12)19-22-23-20(24(19)2)28-11-16(25)13-7-8-17-15(9-13)21-18(26)10-27-17/h3-9H,10-11H2,1-2H3,(H,21,26). The number of rotatable bonds is 5. The van der Waals surface area contributed by atoms with Gasteiger partial charge in [0.2, 0.25) is 0 Å². The highest BCUT2D eigenvalue weighted by molar-refractivity contribution is 7.99. The van der Waals surface area contributed by atoms with E-state index in [0.717, 1.165) is 17.0 Å². The fourth-order valence-corrected chi connectivity index (χ4v) is 3.77. The number of thioether (sulfide) groups is 1. The molecule has 1 aliphatic rings. The van der Waals surface area contributed by atoms with Crippen molar-refractivity contribution in [3.8, 4) is 17.1 Å². The largest absolute Gasteiger partial charge is 0.482 e. The van der Waals surface area contributed by atoms with Crippen molar-refractivity contribution in [1.29, 1.82) is 0 Å². The predicted molar refractivity (Wildman–Crippen MR) is 107 cm³/mol. The number of aromatic nitrogens is 3. The number of ether oxygens (including phenoxy) is 1. The van der Waals surface area contributed by atoms with Gasteiger partial charge in [-0.25, -0.2) is 0 Å². The van der Waals surface area contributed by atoms with Crippen molar-refractivity contribution < 1.29 is 14.3 Å². The normalized spacial score (nSPS) is 12.9. The Hall–Kier alpha value is -3.13. The molecule has 3 aromatic rings. The van der Waals surface area contributed by atoms with E-state index in [9.17, 15) is 9.59 Å². The molecule has 8 heteroatoms. The van der Waals surface area contributed by atoms with E-state index < -0.39 is 0 Å². The number of hydrogen-bond donors (Lipinski definition) is 1. The minimum Gasteiger partial charge on any atom is -0.482 e. The van der Waals surface area contributed by atoms with E-state index in [1.165, 1.54) is 11.8 Å². The zero-order valence-electron chi connectivity index (χ0n) is 15.4. The lowest BCUT2D eigenvalue weighted by Crippen LogP contribution is -2.25. The topological polar surface area (TPSA) is 86.1 Å². The summed E-state index contributed by atoms with van der Waals surface area (Å²) >= 11 is 1.33. The van der Waals surface area contributed by atoms with Crippen LogP contribution in [0.5, 0.6) is 5.75 Å². The first-order chi connectivity index (χ1) is 13.5. The van der Waals surface area contributed by atoms with Crippen molar-refractivity contribution >= 4 is 29.1 Å². The van der Waals surface area contributed by atoms with E-state index in [0.29, 0.717) is 22.2 Å². The summed E-state index contributed by atoms with van der Waals surface area (Å²) in [6, 6.07) is 13.0. The van der Waals surface area contributed by atoms with Crippen LogP contribution >= 0.6 is 11.8 Å². The second kappa shape index (κ2) is 7.47. The highest BCUT2D eigenvalue weighted by atomic mass is 32.2. The summed E-state index contributed by atoms with van der Waals surface area (Å²) in [5.41, 5.74) is 3.16. The molecule has 1 amide bonds. The Morgan fingerprint density at radius 2 is 2.07 bits per heavy atom. The molecule has 2 aromatic carbocycles. The highest BCUT2D eigenvalue weighted by Crippen LogP contribution is 2.30. The Morgan fingerprint density at radius 1 is 1.25 bits per heavy atom. The van der Waals surface area contributed by atoms with Crippen LogP contribution in [-0.4, -0.2) is 38.8 Å². The molecular formula is C20H18N4O3S. The first-order valence-corrected chi connectivity index (χ1v) is 9.69. The molecule has 1 N–H and O–H groups in total. The van der Waals surface area contributed by atoms with Crippen LogP contribution in [0.3, 0.4) is 0 Å². The van der Waals surface area contributed by atoms with Gasteiger partial charge in [0.1, 0.15) is 5.75 Å². The number of Topliss-reactive ketones (excluding diaryl/α,β-unsaturated/α-hetero) is 1. The van der Waals surface area contributed by atoms with Crippen LogP contribution in [0.4, 0.5) is 5.69 Å². The second-order valence-corrected chi connectivity index (χ2v) is 7.38. The van der Waals surface area contributed by atoms with Crippen molar-refractivity contribution in [2.75, 3.05) is 17.7 Å². The first kappa shape index (κ1) is 18.2. The van der Waals surface area contributed by atoms with Gasteiger partial charge in [0, 0.05) is 18.2 Å². The minimum atomic E-state index is -0.228. The van der Waals surface area contributed by atoms with Crippen molar-refractivity contribution in [1.82, 2.24) is 14.8 Å². The molecule has 142 valence electrons. The molecule has 7 nitrogen and oxygen atoms in total. The average Bonchev–Trinajstić information content (AvgIpc) is 3.06. The molecule has 4 rings (SSSR count). The zero-order chi connectivity index (χ0) is 19.7. The van der Waals surface area contributed by atoms with Crippen molar-refractivity contribution in [3.05, 3.63) is 53.6 Å². The summed E-state index contributed by atoms with van der Waals surface area (Å²) in [6.07, 6.45) is 0. The van der Waals surface area contributed by atoms with E-state index in [1.54, 1.807) is 18.2 Å². The Bertz CT molecular complexity index is 1080. The van der Waals surface area contributed by atoms with Crippen LogP contribution in [0.25, 0.3) is 11.4 Å². The molecule has 0 saturated carbocycles. The molecule has 2 heterocycles. The maximum atomic E-state index is 12.6. The Balaban J connectivity index is 1.48. The molecule has 1 aliphatic heterocycles. The number of amides is 1. The molecule has 0 unspecified atom stereocenters. The number of carbonyl (C=O) groups excluding carboxylic acids is 2. The van der Waals surface area contributed by atoms with Crippen LogP contribution in [0.2, 0.25) is 0 Å². The van der Waals surface area contributed by atoms with Gasteiger partial charge in [-0.05, 0) is 30.7 Å². The van der Waals surface area contributed by atoms with Crippen LogP contribution in [-0.2, 0) is 11.8 Å². The third-order valence-corrected chi connectivity index (χ3v) is 5.51. The third kappa shape index (κ3) is 3.50. The van der Waals surface area contributed by atoms with Gasteiger partial charge in [-0.15, -0.1) is 10.2 Å². The van der Waals surface area contributed by atoms with Crippen LogP contribution in [0.1, 0.15) is 15.9 Å². The van der Waals surface area contributed by atoms with Gasteiger partial charge in [0.15, 0.2) is 23.4 Å². The van der Waals surface area contributed by atoms with Gasteiger partial charge in [0.25, 0.3) is 5.91 Å². The lowest BCUT2D eigenvalue weighted by atomic mass is 10.1. The molecule has 1 aromatic heterocycles. The summed E-state index contributed by atoms with van der Waals surface area (Å²) in [7, 11) is 1.89. The summed E-state index contributed by atoms with van der Waals surface area (Å²) in [4.78, 5) is 24.1. The number of fused-ring (bicyclic) bond motifs is 1. The number of ketones is 1. The van der Waals surface area contributed by atoms with Gasteiger partial charge in [-0.1, -0.05) is 36.0 Å². The van der Waals surface area contributed by atoms with Gasteiger partial charge < -0.3 is 14.6 Å². The zero-order valence-corrected chi connectivity index (χ0v) is 16.2. The van der Waals surface area contributed by atoms with Crippen LogP contribution in [0.15, 0.2) is 47.6 Å². The molecule has 0 bridgehead atoms. The molecule has 0 radical (unpaired) electrons. The maximum absolute atomic E-state index is 12.6. The summed E-state index contributed by atoms with van der Waals surface area (Å²) in [5, 5.41) is 11.9. The van der Waals surface area contributed by atoms with Crippen LogP contribution in [0, 0.1) is 6.92 Å². The summed E-state index contributed by atoms with van der Waals surface area (Å²) in [5.74, 6) is 1.26. The number of aryl methyl sites for hydroxylation is 1. The number of nitrogens with one attached hydrogen (secondary N) is 1. The summed E-state index contributed by atoms with van der Waals surface area (Å²) < 4.78 is 7.21. The third-order valence-electron chi connectivity index (χ3n) is 4.49. The lowest BCUT2D eigenvalue weighted by Gasteiger charge is -2.18. The van der Waals surface area contributed by atoms with Gasteiger partial charge in [0.05, 0.1) is 11.4 Å². The maximum Gasteiger partial charge on any atom is 0.262 e. The molecule has 0 spiro atoms. The SMILES string of the molecule is Cc1ccccc1-c1nnc(SCC(=O)c2ccc3c(c2)NC(=O)CO3)n1C. The Kier molecular flexibility index (Phi) is 4.87. The van der Waals surface area contributed by atoms with Crippen LogP contribution < -0.4 is 10.1 Å². The van der Waals surface area contributed by atoms with Gasteiger partial charge >= 0.3 is 0 Å². The molecule has 0 saturated heterocycles. The van der Waals surface area contributed by atoms with Crippen molar-refractivity contribution in [3.63, 3.8) is 0 Å². The molecule has 28 heavy (non-hydrogen) atoms. The van der Waals surface area contributed by atoms with Gasteiger partial charge in [-0.3, -0.25) is 9.59 Å². The smallest absolute Gasteiger partial charge is 0.262 e. The molecule has 0 atom stereocenters. The number of hydrogen-bond acceptors (Lipinski definition) is 6. The number of carbonyl (C=O) groups is 2. The van der Waals surface area contributed by atoms with Crippen molar-refractivity contribution in [2.45, 2.75) is 12.1 Å². The predicted octanol–water partition coefficient (Wildman–Crippen LogP) is 3.10. The van der Waals surface area contributed by atoms with E-state index in [2.05, 4.69) is 15.5 Å². The number of anilines is 1. The first-order valence-electron chi connectivity index (χ1n) is 8.71.